The van der Waals surface area contributed by atoms with Crippen LogP contribution in [0.1, 0.15) is 16.1 Å². The van der Waals surface area contributed by atoms with Crippen molar-refractivity contribution in [2.24, 2.45) is 0 Å². The molecule has 0 atom stereocenters. The molecule has 0 saturated heterocycles. The fraction of sp³-hybridized carbons (Fsp3) is 0.160. The molecule has 0 bridgehead atoms. The normalized spacial score (nSPS) is 10.5. The molecular weight excluding hydrogens is 422 g/mol. The van der Waals surface area contributed by atoms with E-state index in [9.17, 15) is 4.79 Å². The van der Waals surface area contributed by atoms with Gasteiger partial charge in [0.2, 0.25) is 11.5 Å². The smallest absolute Gasteiger partial charge is 0.215 e. The molecule has 8 nitrogen and oxygen atoms in total. The van der Waals surface area contributed by atoms with Crippen LogP contribution >= 0.6 is 0 Å². The lowest BCUT2D eigenvalue weighted by atomic mass is 10.1. The van der Waals surface area contributed by atoms with Crippen LogP contribution in [-0.2, 0) is 0 Å². The average Bonchev–Trinajstić information content (AvgIpc) is 2.87. The van der Waals surface area contributed by atoms with Crippen molar-refractivity contribution in [3.8, 4) is 23.0 Å². The van der Waals surface area contributed by atoms with Gasteiger partial charge >= 0.3 is 0 Å². The summed E-state index contributed by atoms with van der Waals surface area (Å²) in [5, 5.41) is 3.21. The lowest BCUT2D eigenvalue weighted by molar-refractivity contribution is 0.103. The third-order valence-corrected chi connectivity index (χ3v) is 5.07. The molecule has 0 amide bonds. The van der Waals surface area contributed by atoms with Crippen molar-refractivity contribution in [1.82, 2.24) is 9.97 Å². The summed E-state index contributed by atoms with van der Waals surface area (Å²) >= 11 is 0. The van der Waals surface area contributed by atoms with Crippen LogP contribution in [0.3, 0.4) is 0 Å². The summed E-state index contributed by atoms with van der Waals surface area (Å²) in [4.78, 5) is 22.9. The number of ketones is 1. The van der Waals surface area contributed by atoms with Crippen LogP contribution in [0.5, 0.6) is 23.0 Å². The second kappa shape index (κ2) is 9.44. The number of rotatable bonds is 8. The van der Waals surface area contributed by atoms with E-state index in [1.54, 1.807) is 19.2 Å². The zero-order valence-electron chi connectivity index (χ0n) is 18.7. The summed E-state index contributed by atoms with van der Waals surface area (Å²) in [5.41, 5.74) is 2.49. The topological polar surface area (TPSA) is 91.8 Å². The number of nitrogens with zero attached hydrogens (tertiary/aromatic N) is 2. The Kier molecular flexibility index (Phi) is 6.26. The quantitative estimate of drug-likeness (QED) is 0.392. The monoisotopic (exact) mass is 445 g/mol. The van der Waals surface area contributed by atoms with E-state index in [2.05, 4.69) is 15.3 Å². The summed E-state index contributed by atoms with van der Waals surface area (Å²) in [6.07, 6.45) is 0. The van der Waals surface area contributed by atoms with Crippen molar-refractivity contribution in [2.75, 3.05) is 33.8 Å². The van der Waals surface area contributed by atoms with E-state index in [0.29, 0.717) is 39.7 Å². The minimum Gasteiger partial charge on any atom is -0.497 e. The second-order valence-corrected chi connectivity index (χ2v) is 7.01. The molecule has 0 unspecified atom stereocenters. The highest BCUT2D eigenvalue weighted by Gasteiger charge is 2.23. The lowest BCUT2D eigenvalue weighted by Gasteiger charge is -2.15. The van der Waals surface area contributed by atoms with Crippen LogP contribution in [0.15, 0.2) is 60.7 Å². The molecule has 0 aliphatic carbocycles. The molecule has 1 heterocycles. The molecule has 4 aromatic rings. The van der Waals surface area contributed by atoms with Crippen molar-refractivity contribution in [3.63, 3.8) is 0 Å². The molecule has 168 valence electrons. The van der Waals surface area contributed by atoms with Crippen molar-refractivity contribution >= 4 is 28.3 Å². The number of para-hydroxylation sites is 2. The largest absolute Gasteiger partial charge is 0.497 e. The second-order valence-electron chi connectivity index (χ2n) is 7.01. The Morgan fingerprint density at radius 1 is 0.758 bits per heavy atom. The molecule has 3 aromatic carbocycles. The van der Waals surface area contributed by atoms with E-state index in [4.69, 9.17) is 18.9 Å². The third kappa shape index (κ3) is 4.36. The SMILES string of the molecule is COc1ccc(Nc2nc3ccccc3nc2C(=O)c2cc(OC)c(OC)c(OC)c2)cc1. The summed E-state index contributed by atoms with van der Waals surface area (Å²) in [5.74, 6) is 1.86. The van der Waals surface area contributed by atoms with Crippen LogP contribution in [0.4, 0.5) is 11.5 Å². The van der Waals surface area contributed by atoms with Crippen molar-refractivity contribution in [2.45, 2.75) is 0 Å². The zero-order valence-corrected chi connectivity index (χ0v) is 18.7. The number of fused-ring (bicyclic) bond motifs is 1. The van der Waals surface area contributed by atoms with Gasteiger partial charge in [0.25, 0.3) is 0 Å². The summed E-state index contributed by atoms with van der Waals surface area (Å²) in [6.45, 7) is 0. The molecule has 1 aromatic heterocycles. The molecule has 0 aliphatic rings. The predicted molar refractivity (Wildman–Crippen MR) is 125 cm³/mol. The van der Waals surface area contributed by atoms with Gasteiger partial charge in [-0.05, 0) is 48.5 Å². The Morgan fingerprint density at radius 3 is 1.91 bits per heavy atom. The van der Waals surface area contributed by atoms with Gasteiger partial charge in [-0.3, -0.25) is 4.79 Å². The molecule has 1 N–H and O–H groups in total. The predicted octanol–water partition coefficient (Wildman–Crippen LogP) is 4.64. The highest BCUT2D eigenvalue weighted by molar-refractivity contribution is 6.12. The number of hydrogen-bond donors (Lipinski definition) is 1. The Morgan fingerprint density at radius 2 is 1.36 bits per heavy atom. The molecule has 0 fully saturated rings. The van der Waals surface area contributed by atoms with Crippen LogP contribution in [-0.4, -0.2) is 44.2 Å². The maximum Gasteiger partial charge on any atom is 0.215 e. The van der Waals surface area contributed by atoms with Gasteiger partial charge in [0, 0.05) is 11.3 Å². The number of anilines is 2. The third-order valence-electron chi connectivity index (χ3n) is 5.07. The molecule has 0 saturated carbocycles. The van der Waals surface area contributed by atoms with Crippen molar-refractivity contribution in [1.29, 1.82) is 0 Å². The van der Waals surface area contributed by atoms with Crippen LogP contribution in [0, 0.1) is 0 Å². The first-order chi connectivity index (χ1) is 16.1. The van der Waals surface area contributed by atoms with Gasteiger partial charge in [0.15, 0.2) is 23.0 Å². The molecule has 0 radical (unpaired) electrons. The minimum atomic E-state index is -0.344. The van der Waals surface area contributed by atoms with E-state index in [1.807, 2.05) is 48.5 Å². The van der Waals surface area contributed by atoms with Gasteiger partial charge in [-0.1, -0.05) is 12.1 Å². The fourth-order valence-electron chi connectivity index (χ4n) is 3.41. The maximum absolute atomic E-state index is 13.6. The Hall–Kier alpha value is -4.33. The standard InChI is InChI=1S/C25H23N3O5/c1-30-17-11-9-16(10-12-17)26-25-22(27-18-7-5-6-8-19(18)28-25)23(29)15-13-20(31-2)24(33-4)21(14-15)32-3/h5-14H,1-4H3,(H,26,28). The summed E-state index contributed by atoms with van der Waals surface area (Å²) in [7, 11) is 6.11. The van der Waals surface area contributed by atoms with Crippen LogP contribution in [0.2, 0.25) is 0 Å². The van der Waals surface area contributed by atoms with E-state index >= 15 is 0 Å². The number of methoxy groups -OCH3 is 4. The molecule has 0 spiro atoms. The van der Waals surface area contributed by atoms with E-state index < -0.39 is 0 Å². The van der Waals surface area contributed by atoms with E-state index in [0.717, 1.165) is 11.4 Å². The first kappa shape index (κ1) is 21.9. The first-order valence-corrected chi connectivity index (χ1v) is 10.1. The molecule has 4 rings (SSSR count). The Labute approximate surface area is 191 Å². The van der Waals surface area contributed by atoms with Crippen LogP contribution in [0.25, 0.3) is 11.0 Å². The van der Waals surface area contributed by atoms with Gasteiger partial charge in [0.1, 0.15) is 5.75 Å². The van der Waals surface area contributed by atoms with Gasteiger partial charge < -0.3 is 24.3 Å². The highest BCUT2D eigenvalue weighted by Crippen LogP contribution is 2.39. The summed E-state index contributed by atoms with van der Waals surface area (Å²) in [6, 6.07) is 17.9. The molecule has 0 aliphatic heterocycles. The van der Waals surface area contributed by atoms with Gasteiger partial charge in [0.05, 0.1) is 39.5 Å². The number of aromatic nitrogens is 2. The van der Waals surface area contributed by atoms with Gasteiger partial charge in [-0.2, -0.15) is 0 Å². The maximum atomic E-state index is 13.6. The Bertz CT molecular complexity index is 1280. The Balaban J connectivity index is 1.83. The van der Waals surface area contributed by atoms with E-state index in [1.165, 1.54) is 21.3 Å². The highest BCUT2D eigenvalue weighted by atomic mass is 16.5. The van der Waals surface area contributed by atoms with Crippen molar-refractivity contribution < 1.29 is 23.7 Å². The number of hydrogen-bond acceptors (Lipinski definition) is 8. The van der Waals surface area contributed by atoms with Gasteiger partial charge in [-0.25, -0.2) is 9.97 Å². The number of nitrogens with one attached hydrogen (secondary N) is 1. The molecule has 8 heteroatoms. The molecular formula is C25H23N3O5. The van der Waals surface area contributed by atoms with Crippen LogP contribution < -0.4 is 24.3 Å². The van der Waals surface area contributed by atoms with Crippen molar-refractivity contribution in [3.05, 3.63) is 71.9 Å². The first-order valence-electron chi connectivity index (χ1n) is 10.1. The number of ether oxygens (including phenoxy) is 4. The average molecular weight is 445 g/mol. The summed E-state index contributed by atoms with van der Waals surface area (Å²) < 4.78 is 21.4. The lowest BCUT2D eigenvalue weighted by Crippen LogP contribution is -2.11. The molecule has 33 heavy (non-hydrogen) atoms. The minimum absolute atomic E-state index is 0.166. The number of carbonyl (C=O) groups excluding carboxylic acids is 1. The number of benzene rings is 3. The fourth-order valence-corrected chi connectivity index (χ4v) is 3.41. The van der Waals surface area contributed by atoms with E-state index in [-0.39, 0.29) is 11.5 Å². The van der Waals surface area contributed by atoms with Gasteiger partial charge in [-0.15, -0.1) is 0 Å². The zero-order chi connectivity index (χ0) is 23.4. The number of carbonyl (C=O) groups is 1.